The Morgan fingerprint density at radius 2 is 1.39 bits per heavy atom. The van der Waals surface area contributed by atoms with Crippen LogP contribution < -0.4 is 21.1 Å². The summed E-state index contributed by atoms with van der Waals surface area (Å²) >= 11 is 0. The molecule has 1 N–H and O–H groups in total. The third-order valence-corrected chi connectivity index (χ3v) is 15.1. The van der Waals surface area contributed by atoms with E-state index in [1.165, 1.54) is 117 Å². The van der Waals surface area contributed by atoms with Crippen LogP contribution in [0.25, 0.3) is 22.2 Å². The number of allylic oxidation sites excluding steroid dienone is 9. The van der Waals surface area contributed by atoms with Crippen LogP contribution in [0, 0.1) is 13.8 Å². The number of benzene rings is 7. The Balaban J connectivity index is 1.25. The maximum Gasteiger partial charge on any atom is 0.198 e. The van der Waals surface area contributed by atoms with Crippen molar-refractivity contribution in [3.63, 3.8) is 0 Å². The van der Waals surface area contributed by atoms with E-state index in [2.05, 4.69) is 234 Å². The van der Waals surface area contributed by atoms with Crippen LogP contribution in [-0.2, 0) is 11.8 Å². The van der Waals surface area contributed by atoms with Crippen LogP contribution in [0.1, 0.15) is 89.1 Å². The van der Waals surface area contributed by atoms with Crippen molar-refractivity contribution in [3.8, 4) is 11.1 Å². The Morgan fingerprint density at radius 1 is 0.697 bits per heavy atom. The van der Waals surface area contributed by atoms with Crippen molar-refractivity contribution in [3.05, 3.63) is 255 Å². The predicted molar refractivity (Wildman–Crippen MR) is 286 cm³/mol. The molecule has 4 aliphatic rings. The van der Waals surface area contributed by atoms with Gasteiger partial charge in [-0.15, -0.1) is 0 Å². The van der Waals surface area contributed by atoms with Gasteiger partial charge in [0.05, 0.1) is 11.1 Å². The lowest BCUT2D eigenvalue weighted by Gasteiger charge is -2.46. The third-order valence-electron chi connectivity index (χ3n) is 15.1. The molecular formula is C62H56B2N2. The van der Waals surface area contributed by atoms with Gasteiger partial charge in [0.2, 0.25) is 0 Å². The van der Waals surface area contributed by atoms with Gasteiger partial charge in [-0.25, -0.2) is 0 Å². The van der Waals surface area contributed by atoms with Gasteiger partial charge in [-0.2, -0.15) is 0 Å². The normalized spacial score (nSPS) is 17.1. The minimum atomic E-state index is -0.539. The SMILES string of the molecule is Bc1ccc(N2C(C)=C(c3ccccc3CC)Bc3c2cc(-c2ccccc2C)c(C)c3C2CC=CC3=C2Nc2ccccc2C3(c2ccccc2)c2ccccc2)c(C2=CC=CCC2)c1. The highest BCUT2D eigenvalue weighted by molar-refractivity contribution is 6.76. The zero-order valence-electron chi connectivity index (χ0n) is 39.0. The highest BCUT2D eigenvalue weighted by atomic mass is 15.2. The first kappa shape index (κ1) is 41.7. The van der Waals surface area contributed by atoms with Gasteiger partial charge in [0.25, 0.3) is 0 Å². The number of anilines is 3. The first-order chi connectivity index (χ1) is 32.4. The van der Waals surface area contributed by atoms with E-state index < -0.39 is 5.41 Å². The van der Waals surface area contributed by atoms with Gasteiger partial charge in [-0.3, -0.25) is 0 Å². The summed E-state index contributed by atoms with van der Waals surface area (Å²) in [5, 5.41) is 4.21. The number of nitrogens with zero attached hydrogens (tertiary/aromatic N) is 1. The molecule has 2 nitrogen and oxygen atoms in total. The molecule has 0 spiro atoms. The van der Waals surface area contributed by atoms with Crippen molar-refractivity contribution in [1.82, 2.24) is 0 Å². The van der Waals surface area contributed by atoms with Crippen molar-refractivity contribution in [2.24, 2.45) is 0 Å². The fraction of sp³-hybridized carbons (Fsp3) is 0.161. The van der Waals surface area contributed by atoms with E-state index in [-0.39, 0.29) is 5.92 Å². The van der Waals surface area contributed by atoms with Gasteiger partial charge in [-0.05, 0) is 131 Å². The lowest BCUT2D eigenvalue weighted by molar-refractivity contribution is 0.675. The number of rotatable bonds is 8. The highest BCUT2D eigenvalue weighted by Gasteiger charge is 2.47. The summed E-state index contributed by atoms with van der Waals surface area (Å²) in [7, 11) is 3.08. The summed E-state index contributed by atoms with van der Waals surface area (Å²) in [4.78, 5) is 2.66. The van der Waals surface area contributed by atoms with Gasteiger partial charge in [0.15, 0.2) is 7.28 Å². The first-order valence-electron chi connectivity index (χ1n) is 24.0. The van der Waals surface area contributed by atoms with E-state index in [9.17, 15) is 0 Å². The third kappa shape index (κ3) is 6.72. The second-order valence-electron chi connectivity index (χ2n) is 18.7. The smallest absolute Gasteiger partial charge is 0.198 e. The van der Waals surface area contributed by atoms with Crippen LogP contribution in [0.15, 0.2) is 205 Å². The van der Waals surface area contributed by atoms with Crippen molar-refractivity contribution in [2.45, 2.75) is 64.7 Å². The summed E-state index contributed by atoms with van der Waals surface area (Å²) in [5.74, 6) is 0.0504. The minimum Gasteiger partial charge on any atom is -0.358 e. The molecule has 320 valence electrons. The Morgan fingerprint density at radius 3 is 2.12 bits per heavy atom. The fourth-order valence-electron chi connectivity index (χ4n) is 12.0. The fourth-order valence-corrected chi connectivity index (χ4v) is 12.0. The highest BCUT2D eigenvalue weighted by Crippen LogP contribution is 2.56. The van der Waals surface area contributed by atoms with Gasteiger partial charge in [-0.1, -0.05) is 193 Å². The molecule has 1 unspecified atom stereocenters. The van der Waals surface area contributed by atoms with Gasteiger partial charge in [0.1, 0.15) is 7.85 Å². The van der Waals surface area contributed by atoms with Crippen molar-refractivity contribution in [1.29, 1.82) is 0 Å². The molecule has 2 aliphatic carbocycles. The summed E-state index contributed by atoms with van der Waals surface area (Å²) < 4.78 is 0. The second kappa shape index (κ2) is 17.1. The second-order valence-corrected chi connectivity index (χ2v) is 18.7. The topological polar surface area (TPSA) is 15.3 Å². The molecule has 0 saturated heterocycles. The van der Waals surface area contributed by atoms with Crippen molar-refractivity contribution < 1.29 is 0 Å². The molecule has 66 heavy (non-hydrogen) atoms. The molecule has 11 rings (SSSR count). The van der Waals surface area contributed by atoms with Crippen LogP contribution >= 0.6 is 0 Å². The summed E-state index contributed by atoms with van der Waals surface area (Å²) in [6, 6.07) is 59.3. The monoisotopic (exact) mass is 850 g/mol. The van der Waals surface area contributed by atoms with Gasteiger partial charge < -0.3 is 10.2 Å². The maximum atomic E-state index is 4.21. The number of para-hydroxylation sites is 1. The van der Waals surface area contributed by atoms with Gasteiger partial charge in [0, 0.05) is 34.3 Å². The number of aryl methyl sites for hydroxylation is 2. The Kier molecular flexibility index (Phi) is 10.8. The molecule has 2 heterocycles. The van der Waals surface area contributed by atoms with Crippen molar-refractivity contribution in [2.75, 3.05) is 10.2 Å². The molecule has 7 aromatic carbocycles. The summed E-state index contributed by atoms with van der Waals surface area (Å²) in [6.07, 6.45) is 15.8. The van der Waals surface area contributed by atoms with E-state index in [4.69, 9.17) is 0 Å². The number of hydrogen-bond donors (Lipinski definition) is 1. The molecule has 0 radical (unpaired) electrons. The van der Waals surface area contributed by atoms with E-state index in [0.717, 1.165) is 33.0 Å². The van der Waals surface area contributed by atoms with E-state index >= 15 is 0 Å². The van der Waals surface area contributed by atoms with Crippen LogP contribution in [0.2, 0.25) is 0 Å². The largest absolute Gasteiger partial charge is 0.358 e. The molecule has 0 bridgehead atoms. The minimum absolute atomic E-state index is 0.0504. The maximum absolute atomic E-state index is 4.21. The average Bonchev–Trinajstić information content (AvgIpc) is 3.36. The predicted octanol–water partition coefficient (Wildman–Crippen LogP) is 12.9. The van der Waals surface area contributed by atoms with Crippen LogP contribution in [-0.4, -0.2) is 15.1 Å². The van der Waals surface area contributed by atoms with Crippen molar-refractivity contribution >= 4 is 54.2 Å². The lowest BCUT2D eigenvalue weighted by atomic mass is 9.53. The molecule has 0 fully saturated rings. The molecule has 2 aliphatic heterocycles. The van der Waals surface area contributed by atoms with Crippen LogP contribution in [0.3, 0.4) is 0 Å². The Hall–Kier alpha value is -7.03. The van der Waals surface area contributed by atoms with Crippen LogP contribution in [0.4, 0.5) is 17.1 Å². The number of fused-ring (bicyclic) bond motifs is 2. The summed E-state index contributed by atoms with van der Waals surface area (Å²) in [6.45, 7) is 9.37. The summed E-state index contributed by atoms with van der Waals surface area (Å²) in [5.41, 5.74) is 27.1. The lowest BCUT2D eigenvalue weighted by Crippen LogP contribution is -2.41. The molecule has 0 saturated carbocycles. The van der Waals surface area contributed by atoms with E-state index in [1.807, 2.05) is 0 Å². The number of nitrogens with one attached hydrogen (secondary N) is 1. The molecular weight excluding hydrogens is 794 g/mol. The Bertz CT molecular complexity index is 3160. The molecule has 0 amide bonds. The van der Waals surface area contributed by atoms with Gasteiger partial charge >= 0.3 is 0 Å². The molecule has 0 aromatic heterocycles. The van der Waals surface area contributed by atoms with E-state index in [1.54, 1.807) is 0 Å². The zero-order valence-corrected chi connectivity index (χ0v) is 39.0. The first-order valence-corrected chi connectivity index (χ1v) is 24.0. The zero-order chi connectivity index (χ0) is 44.9. The standard InChI is InChI=1S/C62H56B2N2/c1-5-43-23-16-18-31-49(43)59-42(4)66(56-37-36-47(63)38-52(56)44-24-9-6-10-25-44)57-39-51(48-30-17-15-22-40(48)2)41(3)58(60(57)64-59)50-32-21-34-54-61(50)65-55-35-20-19-33-53(55)62(54,45-26-11-7-12-27-45)46-28-13-8-14-29-46/h6-9,11-24,26-31,33-39,50,64-65H,5,10,25,32,63H2,1-4H3. The molecule has 4 heteroatoms. The Labute approximate surface area is 393 Å². The van der Waals surface area contributed by atoms with Crippen LogP contribution in [0.5, 0.6) is 0 Å². The molecule has 1 atom stereocenters. The quantitative estimate of drug-likeness (QED) is 0.153. The average molecular weight is 851 g/mol. The van der Waals surface area contributed by atoms with E-state index in [0.29, 0.717) is 0 Å². The molecule has 7 aromatic rings. The number of hydrogen-bond acceptors (Lipinski definition) is 2.